The van der Waals surface area contributed by atoms with Crippen LogP contribution in [0.5, 0.6) is 0 Å². The van der Waals surface area contributed by atoms with E-state index in [4.69, 9.17) is 0 Å². The first-order valence-electron chi connectivity index (χ1n) is 8.19. The van der Waals surface area contributed by atoms with Gasteiger partial charge in [0.15, 0.2) is 5.96 Å². The van der Waals surface area contributed by atoms with E-state index < -0.39 is 0 Å². The van der Waals surface area contributed by atoms with Crippen LogP contribution in [0.2, 0.25) is 0 Å². The number of hydrogen-bond donors (Lipinski definition) is 1. The molecule has 2 heterocycles. The molecule has 0 spiro atoms. The molecule has 0 bridgehead atoms. The van der Waals surface area contributed by atoms with Gasteiger partial charge in [0.05, 0.1) is 12.4 Å². The highest BCUT2D eigenvalue weighted by Crippen LogP contribution is 2.27. The van der Waals surface area contributed by atoms with Gasteiger partial charge in [0.1, 0.15) is 0 Å². The predicted molar refractivity (Wildman–Crippen MR) is 87.5 cm³/mol. The number of hydrogen-bond acceptors (Lipinski definition) is 2. The number of piperidine rings is 1. The van der Waals surface area contributed by atoms with Crippen molar-refractivity contribution in [1.29, 1.82) is 0 Å². The van der Waals surface area contributed by atoms with Crippen molar-refractivity contribution in [1.82, 2.24) is 19.8 Å². The smallest absolute Gasteiger partial charge is 0.193 e. The number of nitrogens with zero attached hydrogens (tertiary/aromatic N) is 4. The summed E-state index contributed by atoms with van der Waals surface area (Å²) in [4.78, 5) is 11.0. The number of unbranched alkanes of at least 4 members (excludes halogenated alkanes) is 2. The highest BCUT2D eigenvalue weighted by molar-refractivity contribution is 5.80. The topological polar surface area (TPSA) is 45.5 Å². The van der Waals surface area contributed by atoms with E-state index in [2.05, 4.69) is 44.8 Å². The van der Waals surface area contributed by atoms with Crippen LogP contribution in [0.15, 0.2) is 23.7 Å². The largest absolute Gasteiger partial charge is 0.356 e. The Morgan fingerprint density at radius 2 is 2.29 bits per heavy atom. The highest BCUT2D eigenvalue weighted by Gasteiger charge is 2.28. The molecule has 118 valence electrons. The molecule has 21 heavy (non-hydrogen) atoms. The molecule has 0 amide bonds. The zero-order valence-electron chi connectivity index (χ0n) is 13.6. The molecule has 1 aromatic rings. The molecule has 5 heteroatoms. The highest BCUT2D eigenvalue weighted by atomic mass is 15.3. The van der Waals surface area contributed by atoms with Crippen LogP contribution in [0.25, 0.3) is 0 Å². The van der Waals surface area contributed by atoms with Crippen molar-refractivity contribution in [2.75, 3.05) is 26.7 Å². The number of imidazole rings is 1. The Morgan fingerprint density at radius 3 is 2.95 bits per heavy atom. The fourth-order valence-corrected chi connectivity index (χ4v) is 3.00. The summed E-state index contributed by atoms with van der Waals surface area (Å²) in [5.41, 5.74) is 0. The van der Waals surface area contributed by atoms with E-state index in [1.807, 2.05) is 19.6 Å². The van der Waals surface area contributed by atoms with Crippen LogP contribution in [-0.4, -0.2) is 47.1 Å². The fourth-order valence-electron chi connectivity index (χ4n) is 3.00. The maximum atomic E-state index is 4.46. The van der Waals surface area contributed by atoms with Crippen LogP contribution >= 0.6 is 0 Å². The first kappa shape index (κ1) is 15.9. The Kier molecular flexibility index (Phi) is 6.08. The Labute approximate surface area is 128 Å². The van der Waals surface area contributed by atoms with Crippen LogP contribution in [-0.2, 0) is 0 Å². The van der Waals surface area contributed by atoms with Crippen LogP contribution in [0.4, 0.5) is 0 Å². The van der Waals surface area contributed by atoms with Crippen LogP contribution in [0, 0.1) is 5.92 Å². The third-order valence-electron chi connectivity index (χ3n) is 4.40. The Hall–Kier alpha value is -1.52. The van der Waals surface area contributed by atoms with Gasteiger partial charge >= 0.3 is 0 Å². The van der Waals surface area contributed by atoms with E-state index in [0.29, 0.717) is 12.0 Å². The normalized spacial score (nSPS) is 23.4. The van der Waals surface area contributed by atoms with E-state index in [9.17, 15) is 0 Å². The van der Waals surface area contributed by atoms with Gasteiger partial charge in [-0.1, -0.05) is 26.7 Å². The van der Waals surface area contributed by atoms with E-state index in [1.54, 1.807) is 0 Å². The number of aliphatic imine (C=N–C) groups is 1. The van der Waals surface area contributed by atoms with Crippen molar-refractivity contribution in [3.63, 3.8) is 0 Å². The summed E-state index contributed by atoms with van der Waals surface area (Å²) >= 11 is 0. The van der Waals surface area contributed by atoms with Gasteiger partial charge in [-0.15, -0.1) is 0 Å². The Balaban J connectivity index is 1.93. The monoisotopic (exact) mass is 291 g/mol. The molecule has 5 nitrogen and oxygen atoms in total. The quantitative estimate of drug-likeness (QED) is 0.515. The summed E-state index contributed by atoms with van der Waals surface area (Å²) in [6.07, 6.45) is 10.8. The SMILES string of the molecule is CCCCCNC(=NC)N1CCC(C)C(n2ccnc2)C1. The average molecular weight is 291 g/mol. The van der Waals surface area contributed by atoms with Gasteiger partial charge in [-0.2, -0.15) is 0 Å². The van der Waals surface area contributed by atoms with E-state index in [1.165, 1.54) is 25.7 Å². The third-order valence-corrected chi connectivity index (χ3v) is 4.40. The molecule has 2 atom stereocenters. The van der Waals surface area contributed by atoms with Crippen LogP contribution in [0.1, 0.15) is 45.6 Å². The summed E-state index contributed by atoms with van der Waals surface area (Å²) in [5, 5.41) is 3.51. The summed E-state index contributed by atoms with van der Waals surface area (Å²) < 4.78 is 2.24. The molecule has 2 unspecified atom stereocenters. The minimum atomic E-state index is 0.482. The van der Waals surface area contributed by atoms with Gasteiger partial charge in [0.25, 0.3) is 0 Å². The zero-order valence-corrected chi connectivity index (χ0v) is 13.6. The molecule has 0 saturated carbocycles. The van der Waals surface area contributed by atoms with E-state index in [-0.39, 0.29) is 0 Å². The average Bonchev–Trinajstić information content (AvgIpc) is 3.02. The molecule has 1 aliphatic heterocycles. The number of nitrogens with one attached hydrogen (secondary N) is 1. The van der Waals surface area contributed by atoms with Crippen molar-refractivity contribution in [3.8, 4) is 0 Å². The lowest BCUT2D eigenvalue weighted by atomic mass is 9.93. The van der Waals surface area contributed by atoms with Crippen molar-refractivity contribution >= 4 is 5.96 Å². The maximum absolute atomic E-state index is 4.46. The number of rotatable bonds is 5. The molecule has 1 fully saturated rings. The molecule has 0 aromatic carbocycles. The molecule has 1 aliphatic rings. The second-order valence-corrected chi connectivity index (χ2v) is 5.97. The summed E-state index contributed by atoms with van der Waals surface area (Å²) in [5.74, 6) is 1.72. The van der Waals surface area contributed by atoms with Gasteiger partial charge in [0.2, 0.25) is 0 Å². The van der Waals surface area contributed by atoms with Crippen LogP contribution < -0.4 is 5.32 Å². The second kappa shape index (κ2) is 8.05. The van der Waals surface area contributed by atoms with Gasteiger partial charge in [0, 0.05) is 39.1 Å². The summed E-state index contributed by atoms with van der Waals surface area (Å²) in [6, 6.07) is 0.482. The maximum Gasteiger partial charge on any atom is 0.193 e. The zero-order chi connectivity index (χ0) is 15.1. The van der Waals surface area contributed by atoms with Gasteiger partial charge in [-0.3, -0.25) is 4.99 Å². The van der Waals surface area contributed by atoms with Gasteiger partial charge < -0.3 is 14.8 Å². The molecule has 1 aromatic heterocycles. The number of aromatic nitrogens is 2. The lowest BCUT2D eigenvalue weighted by Crippen LogP contribution is -2.49. The lowest BCUT2D eigenvalue weighted by Gasteiger charge is -2.39. The van der Waals surface area contributed by atoms with E-state index >= 15 is 0 Å². The van der Waals surface area contributed by atoms with Gasteiger partial charge in [-0.05, 0) is 18.8 Å². The van der Waals surface area contributed by atoms with Gasteiger partial charge in [-0.25, -0.2) is 4.98 Å². The molecular formula is C16H29N5. The van der Waals surface area contributed by atoms with Crippen molar-refractivity contribution in [2.24, 2.45) is 10.9 Å². The minimum Gasteiger partial charge on any atom is -0.356 e. The minimum absolute atomic E-state index is 0.482. The Bertz CT molecular complexity index is 426. The van der Waals surface area contributed by atoms with E-state index in [0.717, 1.165) is 25.6 Å². The first-order valence-corrected chi connectivity index (χ1v) is 8.19. The number of guanidine groups is 1. The summed E-state index contributed by atoms with van der Waals surface area (Å²) in [6.45, 7) is 7.67. The third kappa shape index (κ3) is 4.22. The Morgan fingerprint density at radius 1 is 1.43 bits per heavy atom. The molecule has 2 rings (SSSR count). The molecule has 0 aliphatic carbocycles. The first-order chi connectivity index (χ1) is 10.3. The predicted octanol–water partition coefficient (Wildman–Crippen LogP) is 2.53. The molecule has 0 radical (unpaired) electrons. The fraction of sp³-hybridized carbons (Fsp3) is 0.750. The standard InChI is InChI=1S/C16H29N5/c1-4-5-6-8-19-16(17-3)20-10-7-14(2)15(12-20)21-11-9-18-13-21/h9,11,13-15H,4-8,10,12H2,1-3H3,(H,17,19). The lowest BCUT2D eigenvalue weighted by molar-refractivity contribution is 0.189. The molecular weight excluding hydrogens is 262 g/mol. The summed E-state index contributed by atoms with van der Waals surface area (Å²) in [7, 11) is 1.88. The second-order valence-electron chi connectivity index (χ2n) is 5.97. The molecule has 1 saturated heterocycles. The molecule has 1 N–H and O–H groups in total. The number of likely N-dealkylation sites (tertiary alicyclic amines) is 1. The van der Waals surface area contributed by atoms with Crippen molar-refractivity contribution in [2.45, 2.75) is 45.6 Å². The van der Waals surface area contributed by atoms with Crippen molar-refractivity contribution in [3.05, 3.63) is 18.7 Å². The van der Waals surface area contributed by atoms with Crippen molar-refractivity contribution < 1.29 is 0 Å². The van der Waals surface area contributed by atoms with Crippen LogP contribution in [0.3, 0.4) is 0 Å².